The van der Waals surface area contributed by atoms with E-state index in [1.54, 1.807) is 27.8 Å². The van der Waals surface area contributed by atoms with Crippen molar-refractivity contribution < 1.29 is 0 Å². The fraction of sp³-hybridized carbons (Fsp3) is 0.684. The second kappa shape index (κ2) is 8.12. The largest absolute Gasteiger partial charge is 0.303 e. The molecule has 1 aliphatic heterocycles. The second-order valence-electron chi connectivity index (χ2n) is 7.80. The van der Waals surface area contributed by atoms with Crippen LogP contribution in [0.15, 0.2) is 29.6 Å². The molecule has 0 amide bonds. The van der Waals surface area contributed by atoms with Crippen LogP contribution in [0.1, 0.15) is 44.9 Å². The molecule has 2 aromatic heterocycles. The van der Waals surface area contributed by atoms with Gasteiger partial charge in [-0.25, -0.2) is 14.3 Å². The predicted octanol–water partition coefficient (Wildman–Crippen LogP) is 2.12. The lowest BCUT2D eigenvalue weighted by molar-refractivity contribution is 0.137. The Labute approximate surface area is 154 Å². The monoisotopic (exact) mass is 356 g/mol. The Kier molecular flexibility index (Phi) is 5.43. The first-order chi connectivity index (χ1) is 12.8. The Bertz CT molecular complexity index is 742. The summed E-state index contributed by atoms with van der Waals surface area (Å²) in [6.45, 7) is 4.27. The van der Waals surface area contributed by atoms with E-state index in [0.717, 1.165) is 31.8 Å². The van der Waals surface area contributed by atoms with Gasteiger partial charge >= 0.3 is 0 Å². The molecule has 0 spiro atoms. The van der Waals surface area contributed by atoms with Crippen molar-refractivity contribution in [2.24, 2.45) is 11.8 Å². The molecule has 2 aromatic rings. The fourth-order valence-corrected chi connectivity index (χ4v) is 4.35. The maximum absolute atomic E-state index is 12.2. The number of nitrogens with zero attached hydrogens (tertiary/aromatic N) is 6. The van der Waals surface area contributed by atoms with Gasteiger partial charge in [-0.15, -0.1) is 5.10 Å². The van der Waals surface area contributed by atoms with Crippen molar-refractivity contribution in [1.82, 2.24) is 29.4 Å². The molecule has 0 aromatic carbocycles. The summed E-state index contributed by atoms with van der Waals surface area (Å²) in [5.74, 6) is 2.06. The van der Waals surface area contributed by atoms with E-state index in [9.17, 15) is 4.79 Å². The lowest BCUT2D eigenvalue weighted by atomic mass is 9.88. The molecule has 3 heterocycles. The molecule has 7 heteroatoms. The van der Waals surface area contributed by atoms with Gasteiger partial charge in [0.1, 0.15) is 12.7 Å². The van der Waals surface area contributed by atoms with Gasteiger partial charge in [0.15, 0.2) is 5.82 Å². The summed E-state index contributed by atoms with van der Waals surface area (Å²) in [5.41, 5.74) is -0.0431. The fourth-order valence-electron chi connectivity index (χ4n) is 4.35. The first kappa shape index (κ1) is 17.4. The summed E-state index contributed by atoms with van der Waals surface area (Å²) in [7, 11) is 0. The summed E-state index contributed by atoms with van der Waals surface area (Å²) < 4.78 is 3.18. The van der Waals surface area contributed by atoms with E-state index in [1.165, 1.54) is 45.0 Å². The Morgan fingerprint density at radius 3 is 2.46 bits per heavy atom. The van der Waals surface area contributed by atoms with Crippen molar-refractivity contribution in [3.63, 3.8) is 0 Å². The molecule has 26 heavy (non-hydrogen) atoms. The van der Waals surface area contributed by atoms with E-state index in [-0.39, 0.29) is 5.56 Å². The Hall–Kier alpha value is -2.02. The highest BCUT2D eigenvalue weighted by molar-refractivity contribution is 5.16. The van der Waals surface area contributed by atoms with Gasteiger partial charge in [-0.1, -0.05) is 19.3 Å². The Morgan fingerprint density at radius 1 is 0.962 bits per heavy atom. The quantitative estimate of drug-likeness (QED) is 0.821. The van der Waals surface area contributed by atoms with Crippen LogP contribution in [0.3, 0.4) is 0 Å². The zero-order valence-corrected chi connectivity index (χ0v) is 15.3. The number of hydrogen-bond donors (Lipinski definition) is 0. The van der Waals surface area contributed by atoms with Crippen LogP contribution in [0.4, 0.5) is 0 Å². The van der Waals surface area contributed by atoms with Crippen LogP contribution in [0.2, 0.25) is 0 Å². The van der Waals surface area contributed by atoms with Gasteiger partial charge in [0.25, 0.3) is 5.56 Å². The number of rotatable bonds is 5. The molecule has 0 atom stereocenters. The van der Waals surface area contributed by atoms with E-state index in [2.05, 4.69) is 20.1 Å². The highest BCUT2D eigenvalue weighted by Gasteiger charge is 2.23. The van der Waals surface area contributed by atoms with Gasteiger partial charge in [-0.2, -0.15) is 5.10 Å². The van der Waals surface area contributed by atoms with Crippen molar-refractivity contribution in [2.75, 3.05) is 19.6 Å². The standard InChI is InChI=1S/C19H28N6O/c26-19-7-6-18(25-15-20-14-21-25)22-24(19)13-17-8-10-23(11-9-17)12-16-4-2-1-3-5-16/h6-7,14-17H,1-5,8-13H2. The summed E-state index contributed by atoms with van der Waals surface area (Å²) in [4.78, 5) is 18.8. The number of likely N-dealkylation sites (tertiary alicyclic amines) is 1. The van der Waals surface area contributed by atoms with Crippen LogP contribution >= 0.6 is 0 Å². The third-order valence-electron chi connectivity index (χ3n) is 5.89. The van der Waals surface area contributed by atoms with E-state index >= 15 is 0 Å². The van der Waals surface area contributed by atoms with Gasteiger partial charge in [0.2, 0.25) is 0 Å². The highest BCUT2D eigenvalue weighted by Crippen LogP contribution is 2.26. The van der Waals surface area contributed by atoms with Gasteiger partial charge in [-0.05, 0) is 56.7 Å². The van der Waals surface area contributed by atoms with E-state index in [4.69, 9.17) is 0 Å². The zero-order chi connectivity index (χ0) is 17.8. The lowest BCUT2D eigenvalue weighted by Crippen LogP contribution is -2.39. The molecule has 7 nitrogen and oxygen atoms in total. The predicted molar refractivity (Wildman–Crippen MR) is 99.2 cm³/mol. The van der Waals surface area contributed by atoms with E-state index in [1.807, 2.05) is 0 Å². The number of aromatic nitrogens is 5. The maximum atomic E-state index is 12.2. The molecule has 0 unspecified atom stereocenters. The minimum Gasteiger partial charge on any atom is -0.303 e. The van der Waals surface area contributed by atoms with E-state index in [0.29, 0.717) is 18.3 Å². The van der Waals surface area contributed by atoms with Crippen LogP contribution in [-0.2, 0) is 6.54 Å². The van der Waals surface area contributed by atoms with Crippen molar-refractivity contribution in [3.05, 3.63) is 35.1 Å². The summed E-state index contributed by atoms with van der Waals surface area (Å²) >= 11 is 0. The maximum Gasteiger partial charge on any atom is 0.266 e. The molecule has 2 fully saturated rings. The third kappa shape index (κ3) is 4.20. The first-order valence-electron chi connectivity index (χ1n) is 9.93. The topological polar surface area (TPSA) is 68.8 Å². The molecular weight excluding hydrogens is 328 g/mol. The molecule has 1 saturated heterocycles. The van der Waals surface area contributed by atoms with Gasteiger partial charge < -0.3 is 4.90 Å². The average molecular weight is 356 g/mol. The molecule has 0 N–H and O–H groups in total. The molecule has 1 aliphatic carbocycles. The van der Waals surface area contributed by atoms with Crippen LogP contribution in [-0.4, -0.2) is 49.1 Å². The molecule has 1 saturated carbocycles. The summed E-state index contributed by atoms with van der Waals surface area (Å²) in [6.07, 6.45) is 12.4. The second-order valence-corrected chi connectivity index (χ2v) is 7.80. The smallest absolute Gasteiger partial charge is 0.266 e. The van der Waals surface area contributed by atoms with Crippen molar-refractivity contribution in [1.29, 1.82) is 0 Å². The van der Waals surface area contributed by atoms with Crippen molar-refractivity contribution in [2.45, 2.75) is 51.5 Å². The normalized spacial score (nSPS) is 20.5. The summed E-state index contributed by atoms with van der Waals surface area (Å²) in [5, 5.41) is 8.56. The third-order valence-corrected chi connectivity index (χ3v) is 5.89. The summed E-state index contributed by atoms with van der Waals surface area (Å²) in [6, 6.07) is 3.27. The van der Waals surface area contributed by atoms with Gasteiger partial charge in [0.05, 0.1) is 0 Å². The minimum atomic E-state index is -0.0431. The van der Waals surface area contributed by atoms with Crippen molar-refractivity contribution in [3.8, 4) is 5.82 Å². The molecule has 4 rings (SSSR count). The van der Waals surface area contributed by atoms with Gasteiger partial charge in [0, 0.05) is 19.2 Å². The first-order valence-corrected chi connectivity index (χ1v) is 9.93. The molecular formula is C19H28N6O. The average Bonchev–Trinajstić information content (AvgIpc) is 3.21. The minimum absolute atomic E-state index is 0.0431. The van der Waals surface area contributed by atoms with Crippen molar-refractivity contribution >= 4 is 0 Å². The van der Waals surface area contributed by atoms with Crippen LogP contribution < -0.4 is 5.56 Å². The van der Waals surface area contributed by atoms with Crippen LogP contribution in [0.25, 0.3) is 5.82 Å². The van der Waals surface area contributed by atoms with Crippen LogP contribution in [0, 0.1) is 11.8 Å². The Morgan fingerprint density at radius 2 is 1.73 bits per heavy atom. The van der Waals surface area contributed by atoms with E-state index < -0.39 is 0 Å². The molecule has 0 radical (unpaired) electrons. The molecule has 2 aliphatic rings. The zero-order valence-electron chi connectivity index (χ0n) is 15.3. The number of piperidine rings is 1. The van der Waals surface area contributed by atoms with Crippen LogP contribution in [0.5, 0.6) is 0 Å². The van der Waals surface area contributed by atoms with Gasteiger partial charge in [-0.3, -0.25) is 4.79 Å². The Balaban J connectivity index is 1.33. The highest BCUT2D eigenvalue weighted by atomic mass is 16.1. The molecule has 140 valence electrons. The lowest BCUT2D eigenvalue weighted by Gasteiger charge is -2.35. The molecule has 0 bridgehead atoms. The SMILES string of the molecule is O=c1ccc(-n2cncn2)nn1CC1CCN(CC2CCCCC2)CC1. The number of hydrogen-bond acceptors (Lipinski definition) is 5.